The minimum atomic E-state index is 0.705. The Labute approximate surface area is 58.0 Å². The monoisotopic (exact) mass is 130 g/mol. The minimum absolute atomic E-state index is 0.705. The van der Waals surface area contributed by atoms with Crippen molar-refractivity contribution in [3.05, 3.63) is 0 Å². The topological polar surface area (TPSA) is 29.3 Å². The number of nitrogens with two attached hydrogens (primary N) is 1. The third kappa shape index (κ3) is 4.43. The summed E-state index contributed by atoms with van der Waals surface area (Å²) in [6.45, 7) is 7.28. The molecule has 0 rings (SSSR count). The van der Waals surface area contributed by atoms with Gasteiger partial charge in [-0.1, -0.05) is 20.3 Å². The molecule has 0 aliphatic carbocycles. The van der Waals surface area contributed by atoms with Crippen LogP contribution in [-0.4, -0.2) is 24.7 Å². The van der Waals surface area contributed by atoms with E-state index in [1.165, 1.54) is 12.8 Å². The molecule has 0 aromatic carbocycles. The molecule has 0 heterocycles. The molecule has 0 aliphatic heterocycles. The second-order valence-electron chi connectivity index (χ2n) is 2.25. The van der Waals surface area contributed by atoms with Crippen molar-refractivity contribution in [2.45, 2.75) is 26.7 Å². The largest absolute Gasteiger partial charge is 0.318 e. The summed E-state index contributed by atoms with van der Waals surface area (Å²) in [5.41, 5.74) is 5.45. The Morgan fingerprint density at radius 3 is 2.33 bits per heavy atom. The lowest BCUT2D eigenvalue weighted by atomic mass is 10.3. The van der Waals surface area contributed by atoms with Crippen LogP contribution in [0.5, 0.6) is 0 Å². The second-order valence-corrected chi connectivity index (χ2v) is 2.25. The fraction of sp³-hybridized carbons (Fsp3) is 1.00. The third-order valence-corrected chi connectivity index (χ3v) is 1.53. The number of rotatable bonds is 5. The predicted molar refractivity (Wildman–Crippen MR) is 41.2 cm³/mol. The van der Waals surface area contributed by atoms with Gasteiger partial charge in [-0.2, -0.15) is 0 Å². The zero-order valence-corrected chi connectivity index (χ0v) is 6.56. The molecule has 0 aromatic rings. The van der Waals surface area contributed by atoms with Crippen LogP contribution in [0.1, 0.15) is 26.7 Å². The maximum atomic E-state index is 5.45. The number of nitrogens with zero attached hydrogens (tertiary/aromatic N) is 1. The van der Waals surface area contributed by atoms with E-state index in [2.05, 4.69) is 18.7 Å². The zero-order chi connectivity index (χ0) is 7.11. The molecule has 0 aliphatic rings. The van der Waals surface area contributed by atoms with Crippen molar-refractivity contribution >= 4 is 0 Å². The number of hydrogen-bond donors (Lipinski definition) is 1. The average Bonchev–Trinajstić information content (AvgIpc) is 1.91. The Hall–Kier alpha value is -0.0800. The van der Waals surface area contributed by atoms with Gasteiger partial charge in [-0.25, -0.2) is 0 Å². The van der Waals surface area contributed by atoms with E-state index in [4.69, 9.17) is 5.73 Å². The van der Waals surface area contributed by atoms with Crippen molar-refractivity contribution in [1.29, 1.82) is 0 Å². The van der Waals surface area contributed by atoms with Crippen LogP contribution >= 0.6 is 0 Å². The number of hydrogen-bond acceptors (Lipinski definition) is 2. The Bertz CT molecular complexity index is 50.9. The van der Waals surface area contributed by atoms with Gasteiger partial charge in [-0.05, 0) is 19.5 Å². The highest BCUT2D eigenvalue weighted by atomic mass is 15.2. The number of unbranched alkanes of at least 4 members (excludes halogenated alkanes) is 1. The van der Waals surface area contributed by atoms with E-state index in [0.717, 1.165) is 13.1 Å². The van der Waals surface area contributed by atoms with E-state index in [9.17, 15) is 0 Å². The second kappa shape index (κ2) is 6.05. The standard InChI is InChI=1S/C7H18N2/c1-3-5-6-9(4-2)7-8/h3-8H2,1-2H3. The normalized spacial score (nSPS) is 10.7. The first-order chi connectivity index (χ1) is 4.35. The maximum Gasteiger partial charge on any atom is 0.0455 e. The van der Waals surface area contributed by atoms with Crippen LogP contribution in [0.4, 0.5) is 0 Å². The van der Waals surface area contributed by atoms with Gasteiger partial charge in [0.1, 0.15) is 0 Å². The molecule has 0 atom stereocenters. The van der Waals surface area contributed by atoms with Crippen molar-refractivity contribution in [3.63, 3.8) is 0 Å². The lowest BCUT2D eigenvalue weighted by molar-refractivity contribution is 0.292. The molecule has 0 radical (unpaired) electrons. The van der Waals surface area contributed by atoms with Crippen LogP contribution < -0.4 is 5.73 Å². The first-order valence-electron chi connectivity index (χ1n) is 3.77. The summed E-state index contributed by atoms with van der Waals surface area (Å²) in [5.74, 6) is 0. The highest BCUT2D eigenvalue weighted by Crippen LogP contribution is 1.90. The van der Waals surface area contributed by atoms with Gasteiger partial charge in [0.2, 0.25) is 0 Å². The van der Waals surface area contributed by atoms with Crippen LogP contribution in [0.3, 0.4) is 0 Å². The molecule has 0 aromatic heterocycles. The van der Waals surface area contributed by atoms with Crippen molar-refractivity contribution in [3.8, 4) is 0 Å². The molecule has 2 heteroatoms. The van der Waals surface area contributed by atoms with Gasteiger partial charge in [-0.3, -0.25) is 4.90 Å². The molecular formula is C7H18N2. The van der Waals surface area contributed by atoms with E-state index in [0.29, 0.717) is 6.67 Å². The maximum absolute atomic E-state index is 5.45. The average molecular weight is 130 g/mol. The quantitative estimate of drug-likeness (QED) is 0.563. The predicted octanol–water partition coefficient (Wildman–Crippen LogP) is 1.02. The van der Waals surface area contributed by atoms with Crippen molar-refractivity contribution in [2.24, 2.45) is 5.73 Å². The van der Waals surface area contributed by atoms with Crippen molar-refractivity contribution in [1.82, 2.24) is 4.90 Å². The van der Waals surface area contributed by atoms with Gasteiger partial charge < -0.3 is 5.73 Å². The molecule has 0 fully saturated rings. The molecule has 56 valence electrons. The Morgan fingerprint density at radius 2 is 2.00 bits per heavy atom. The summed E-state index contributed by atoms with van der Waals surface area (Å²) in [5, 5.41) is 0. The fourth-order valence-corrected chi connectivity index (χ4v) is 0.760. The highest BCUT2D eigenvalue weighted by Gasteiger charge is 1.94. The third-order valence-electron chi connectivity index (χ3n) is 1.53. The van der Waals surface area contributed by atoms with Gasteiger partial charge in [0, 0.05) is 6.67 Å². The lowest BCUT2D eigenvalue weighted by Gasteiger charge is -2.16. The Kier molecular flexibility index (Phi) is 5.99. The molecular weight excluding hydrogens is 112 g/mol. The molecule has 2 nitrogen and oxygen atoms in total. The molecule has 0 saturated heterocycles. The van der Waals surface area contributed by atoms with Crippen LogP contribution in [0, 0.1) is 0 Å². The Morgan fingerprint density at radius 1 is 1.33 bits per heavy atom. The smallest absolute Gasteiger partial charge is 0.0455 e. The van der Waals surface area contributed by atoms with Gasteiger partial charge >= 0.3 is 0 Å². The summed E-state index contributed by atoms with van der Waals surface area (Å²) in [6, 6.07) is 0. The van der Waals surface area contributed by atoms with Crippen LogP contribution in [0.2, 0.25) is 0 Å². The van der Waals surface area contributed by atoms with Gasteiger partial charge in [0.05, 0.1) is 0 Å². The molecule has 0 amide bonds. The summed E-state index contributed by atoms with van der Waals surface area (Å²) in [6.07, 6.45) is 2.53. The first-order valence-corrected chi connectivity index (χ1v) is 3.77. The van der Waals surface area contributed by atoms with E-state index >= 15 is 0 Å². The molecule has 0 saturated carbocycles. The molecule has 0 unspecified atom stereocenters. The van der Waals surface area contributed by atoms with E-state index in [1.807, 2.05) is 0 Å². The van der Waals surface area contributed by atoms with Gasteiger partial charge in [0.15, 0.2) is 0 Å². The summed E-state index contributed by atoms with van der Waals surface area (Å²) < 4.78 is 0. The zero-order valence-electron chi connectivity index (χ0n) is 6.56. The molecule has 0 spiro atoms. The molecule has 2 N–H and O–H groups in total. The lowest BCUT2D eigenvalue weighted by Crippen LogP contribution is -2.30. The van der Waals surface area contributed by atoms with Gasteiger partial charge in [-0.15, -0.1) is 0 Å². The Balaban J connectivity index is 3.09. The summed E-state index contributed by atoms with van der Waals surface area (Å²) >= 11 is 0. The van der Waals surface area contributed by atoms with Crippen LogP contribution in [0.15, 0.2) is 0 Å². The van der Waals surface area contributed by atoms with E-state index in [-0.39, 0.29) is 0 Å². The molecule has 0 bridgehead atoms. The van der Waals surface area contributed by atoms with E-state index < -0.39 is 0 Å². The van der Waals surface area contributed by atoms with E-state index in [1.54, 1.807) is 0 Å². The first kappa shape index (κ1) is 8.92. The van der Waals surface area contributed by atoms with Gasteiger partial charge in [0.25, 0.3) is 0 Å². The van der Waals surface area contributed by atoms with Crippen LogP contribution in [0.25, 0.3) is 0 Å². The fourth-order valence-electron chi connectivity index (χ4n) is 0.760. The van der Waals surface area contributed by atoms with Crippen LogP contribution in [-0.2, 0) is 0 Å². The summed E-state index contributed by atoms with van der Waals surface area (Å²) in [7, 11) is 0. The molecule has 9 heavy (non-hydrogen) atoms. The SMILES string of the molecule is CCCCN(CC)CN. The minimum Gasteiger partial charge on any atom is -0.318 e. The van der Waals surface area contributed by atoms with Crippen molar-refractivity contribution < 1.29 is 0 Å². The van der Waals surface area contributed by atoms with Crippen molar-refractivity contribution in [2.75, 3.05) is 19.8 Å². The highest BCUT2D eigenvalue weighted by molar-refractivity contribution is 4.49. The summed E-state index contributed by atoms with van der Waals surface area (Å²) in [4.78, 5) is 2.24.